The van der Waals surface area contributed by atoms with Crippen LogP contribution in [0.25, 0.3) is 21.8 Å². The van der Waals surface area contributed by atoms with Crippen molar-refractivity contribution in [1.82, 2.24) is 4.98 Å². The Balaban J connectivity index is 1.48. The van der Waals surface area contributed by atoms with Crippen LogP contribution in [0.3, 0.4) is 0 Å². The van der Waals surface area contributed by atoms with Gasteiger partial charge >= 0.3 is 0 Å². The van der Waals surface area contributed by atoms with E-state index in [2.05, 4.69) is 32.0 Å². The molecule has 6 heteroatoms. The predicted molar refractivity (Wildman–Crippen MR) is 177 cm³/mol. The van der Waals surface area contributed by atoms with E-state index in [1.54, 1.807) is 0 Å². The molecule has 2 atom stereocenters. The summed E-state index contributed by atoms with van der Waals surface area (Å²) in [5, 5.41) is 2.12. The van der Waals surface area contributed by atoms with Gasteiger partial charge in [-0.05, 0) is 31.0 Å². The predicted octanol–water partition coefficient (Wildman–Crippen LogP) is 9.45. The van der Waals surface area contributed by atoms with Crippen molar-refractivity contribution in [3.8, 4) is 11.5 Å². The zero-order valence-electron chi connectivity index (χ0n) is 26.8. The van der Waals surface area contributed by atoms with Gasteiger partial charge in [-0.15, -0.1) is 0 Å². The van der Waals surface area contributed by atoms with Gasteiger partial charge in [-0.1, -0.05) is 115 Å². The van der Waals surface area contributed by atoms with Crippen LogP contribution in [-0.2, 0) is 14.2 Å². The Labute approximate surface area is 259 Å². The zero-order chi connectivity index (χ0) is 30.0. The first kappa shape index (κ1) is 33.5. The van der Waals surface area contributed by atoms with E-state index in [4.69, 9.17) is 28.7 Å². The molecule has 0 aliphatic carbocycles. The molecule has 0 saturated carbocycles. The Bertz CT molecular complexity index is 1100. The number of hydrogen-bond donors (Lipinski definition) is 0. The summed E-state index contributed by atoms with van der Waals surface area (Å²) in [7, 11) is 0. The van der Waals surface area contributed by atoms with Crippen LogP contribution in [0.4, 0.5) is 0 Å². The second kappa shape index (κ2) is 19.8. The van der Waals surface area contributed by atoms with Crippen molar-refractivity contribution < 1.29 is 23.7 Å². The number of ether oxygens (including phenoxy) is 5. The lowest BCUT2D eigenvalue weighted by Crippen LogP contribution is -2.26. The largest absolute Gasteiger partial charge is 0.489 e. The van der Waals surface area contributed by atoms with E-state index in [1.807, 2.05) is 24.3 Å². The minimum absolute atomic E-state index is 0.0150. The fourth-order valence-corrected chi connectivity index (χ4v) is 5.81. The molecule has 0 fully saturated rings. The maximum Gasteiger partial charge on any atom is 0.145 e. The van der Waals surface area contributed by atoms with Gasteiger partial charge in [0.15, 0.2) is 0 Å². The van der Waals surface area contributed by atoms with Crippen molar-refractivity contribution in [2.24, 2.45) is 0 Å². The lowest BCUT2D eigenvalue weighted by Gasteiger charge is -2.21. The van der Waals surface area contributed by atoms with Crippen LogP contribution < -0.4 is 9.47 Å². The highest BCUT2D eigenvalue weighted by Crippen LogP contribution is 2.32. The molecule has 2 aromatic carbocycles. The Morgan fingerprint density at radius 1 is 0.581 bits per heavy atom. The molecule has 6 nitrogen and oxygen atoms in total. The van der Waals surface area contributed by atoms with Gasteiger partial charge in [0.1, 0.15) is 35.7 Å². The van der Waals surface area contributed by atoms with E-state index in [1.165, 1.54) is 64.2 Å². The molecule has 1 aliphatic heterocycles. The Hall–Kier alpha value is -2.41. The number of para-hydroxylation sites is 2. The number of hydrogen-bond acceptors (Lipinski definition) is 6. The summed E-state index contributed by atoms with van der Waals surface area (Å²) < 4.78 is 31.3. The molecule has 0 unspecified atom stereocenters. The molecule has 0 radical (unpaired) electrons. The van der Waals surface area contributed by atoms with E-state index in [9.17, 15) is 0 Å². The molecule has 0 spiro atoms. The van der Waals surface area contributed by atoms with Crippen molar-refractivity contribution in [3.05, 3.63) is 42.5 Å². The van der Waals surface area contributed by atoms with E-state index in [0.717, 1.165) is 59.0 Å². The van der Waals surface area contributed by atoms with Gasteiger partial charge in [0.2, 0.25) is 0 Å². The molecule has 43 heavy (non-hydrogen) atoms. The Kier molecular flexibility index (Phi) is 15.4. The Morgan fingerprint density at radius 2 is 1.05 bits per heavy atom. The van der Waals surface area contributed by atoms with Gasteiger partial charge in [-0.2, -0.15) is 0 Å². The summed E-state index contributed by atoms with van der Waals surface area (Å²) in [6, 6.07) is 14.5. The van der Waals surface area contributed by atoms with E-state index >= 15 is 0 Å². The molecule has 3 aromatic rings. The minimum atomic E-state index is 0.0150. The highest BCUT2D eigenvalue weighted by Gasteiger charge is 2.16. The van der Waals surface area contributed by atoms with Crippen molar-refractivity contribution in [3.63, 3.8) is 0 Å². The molecule has 2 heterocycles. The molecule has 238 valence electrons. The maximum atomic E-state index is 6.42. The van der Waals surface area contributed by atoms with Gasteiger partial charge < -0.3 is 23.7 Å². The van der Waals surface area contributed by atoms with Crippen LogP contribution >= 0.6 is 0 Å². The van der Waals surface area contributed by atoms with Crippen molar-refractivity contribution in [2.45, 2.75) is 116 Å². The van der Waals surface area contributed by atoms with Crippen LogP contribution in [-0.4, -0.2) is 56.8 Å². The molecule has 0 saturated heterocycles. The van der Waals surface area contributed by atoms with Crippen LogP contribution in [0.5, 0.6) is 11.5 Å². The molecule has 1 aromatic heterocycles. The van der Waals surface area contributed by atoms with Crippen LogP contribution in [0.1, 0.15) is 104 Å². The molecule has 0 N–H and O–H groups in total. The minimum Gasteiger partial charge on any atom is -0.489 e. The van der Waals surface area contributed by atoms with Crippen molar-refractivity contribution >= 4 is 21.8 Å². The number of benzene rings is 2. The first-order chi connectivity index (χ1) is 21.3. The van der Waals surface area contributed by atoms with E-state index in [0.29, 0.717) is 39.6 Å². The van der Waals surface area contributed by atoms with E-state index < -0.39 is 0 Å². The van der Waals surface area contributed by atoms with Crippen molar-refractivity contribution in [1.29, 1.82) is 0 Å². The quantitative estimate of drug-likeness (QED) is 0.137. The molecule has 0 amide bonds. The van der Waals surface area contributed by atoms with Crippen LogP contribution in [0.15, 0.2) is 42.5 Å². The van der Waals surface area contributed by atoms with E-state index in [-0.39, 0.29) is 12.2 Å². The lowest BCUT2D eigenvalue weighted by atomic mass is 10.1. The number of pyridine rings is 1. The fourth-order valence-electron chi connectivity index (χ4n) is 5.81. The number of aromatic nitrogens is 1. The number of rotatable bonds is 14. The highest BCUT2D eigenvalue weighted by molar-refractivity contribution is 5.97. The lowest BCUT2D eigenvalue weighted by molar-refractivity contribution is -0.0445. The second-order valence-corrected chi connectivity index (χ2v) is 12.0. The van der Waals surface area contributed by atoms with Gasteiger partial charge in [-0.3, -0.25) is 0 Å². The Morgan fingerprint density at radius 3 is 1.53 bits per heavy atom. The molecule has 4 rings (SSSR count). The first-order valence-electron chi connectivity index (χ1n) is 17.2. The first-order valence-corrected chi connectivity index (χ1v) is 17.2. The van der Waals surface area contributed by atoms with Gasteiger partial charge in [-0.25, -0.2) is 4.98 Å². The molecular formula is C37H55NO5. The standard InChI is InChI=1S/C37H55NO5/c1-3-5-7-9-11-13-19-32-28-42-34-21-15-17-30-27-31-18-16-22-35(37(31)38-36(30)34)43-29-33(20-14-12-10-8-6-4-2)41-26-24-39-23-25-40-32/h15-18,21-22,27,32-33H,3-14,19-20,23-26,28-29H2,1-2H3/t32-,33-/m1/s1. The summed E-state index contributed by atoms with van der Waals surface area (Å²) in [5.74, 6) is 1.57. The summed E-state index contributed by atoms with van der Waals surface area (Å²) in [4.78, 5) is 5.11. The average molecular weight is 594 g/mol. The van der Waals surface area contributed by atoms with Crippen LogP contribution in [0.2, 0.25) is 0 Å². The summed E-state index contributed by atoms with van der Waals surface area (Å²) in [6.07, 6.45) is 17.1. The van der Waals surface area contributed by atoms with Crippen LogP contribution in [0, 0.1) is 0 Å². The number of nitrogens with zero attached hydrogens (tertiary/aromatic N) is 1. The van der Waals surface area contributed by atoms with Crippen molar-refractivity contribution in [2.75, 3.05) is 39.6 Å². The number of unbranched alkanes of at least 4 members (excludes halogenated alkanes) is 10. The molecule has 1 aliphatic rings. The average Bonchev–Trinajstić information content (AvgIpc) is 3.03. The second-order valence-electron chi connectivity index (χ2n) is 12.0. The zero-order valence-corrected chi connectivity index (χ0v) is 26.8. The van der Waals surface area contributed by atoms with Gasteiger partial charge in [0.25, 0.3) is 0 Å². The highest BCUT2D eigenvalue weighted by atomic mass is 16.6. The molecule has 2 bridgehead atoms. The van der Waals surface area contributed by atoms with Gasteiger partial charge in [0, 0.05) is 10.8 Å². The SMILES string of the molecule is CCCCCCCC[C@@H]1COc2cccc3cc4cccc(c4nc23)OC[C@@H](CCCCCCCC)OCCOCCO1. The summed E-state index contributed by atoms with van der Waals surface area (Å²) in [6.45, 7) is 7.71. The fraction of sp³-hybridized carbons (Fsp3) is 0.649. The third kappa shape index (κ3) is 11.6. The normalized spacial score (nSPS) is 18.8. The summed E-state index contributed by atoms with van der Waals surface area (Å²) >= 11 is 0. The maximum absolute atomic E-state index is 6.42. The topological polar surface area (TPSA) is 59.0 Å². The monoisotopic (exact) mass is 593 g/mol. The molecular weight excluding hydrogens is 538 g/mol. The third-order valence-electron chi connectivity index (χ3n) is 8.37. The summed E-state index contributed by atoms with van der Waals surface area (Å²) in [5.41, 5.74) is 1.71. The third-order valence-corrected chi connectivity index (χ3v) is 8.37. The smallest absolute Gasteiger partial charge is 0.145 e. The van der Waals surface area contributed by atoms with Gasteiger partial charge in [0.05, 0.1) is 38.6 Å².